The van der Waals surface area contributed by atoms with Crippen LogP contribution in [0.5, 0.6) is 5.75 Å². The standard InChI is InChI=1S/C12H19N3O2/c1-8(2)15-12(16)7-14-10-5-9(3)13-6-11(10)17-4/h5-6,8H,7H2,1-4H3,(H,13,14)(H,15,16). The van der Waals surface area contributed by atoms with E-state index in [4.69, 9.17) is 4.74 Å². The van der Waals surface area contributed by atoms with Gasteiger partial charge in [-0.25, -0.2) is 0 Å². The molecule has 5 nitrogen and oxygen atoms in total. The summed E-state index contributed by atoms with van der Waals surface area (Å²) in [6, 6.07) is 1.99. The number of hydrogen-bond donors (Lipinski definition) is 2. The zero-order chi connectivity index (χ0) is 12.8. The van der Waals surface area contributed by atoms with Crippen LogP contribution in [0.25, 0.3) is 0 Å². The van der Waals surface area contributed by atoms with Crippen molar-refractivity contribution >= 4 is 11.6 Å². The molecule has 1 aromatic heterocycles. The van der Waals surface area contributed by atoms with Gasteiger partial charge in [-0.3, -0.25) is 9.78 Å². The second kappa shape index (κ2) is 6.08. The molecule has 0 spiro atoms. The van der Waals surface area contributed by atoms with E-state index in [1.165, 1.54) is 0 Å². The fourth-order valence-electron chi connectivity index (χ4n) is 1.40. The fraction of sp³-hybridized carbons (Fsp3) is 0.500. The quantitative estimate of drug-likeness (QED) is 0.811. The molecule has 1 amide bonds. The zero-order valence-corrected chi connectivity index (χ0v) is 10.7. The number of aromatic nitrogens is 1. The van der Waals surface area contributed by atoms with Crippen molar-refractivity contribution in [1.82, 2.24) is 10.3 Å². The monoisotopic (exact) mass is 237 g/mol. The maximum Gasteiger partial charge on any atom is 0.239 e. The maximum absolute atomic E-state index is 11.5. The maximum atomic E-state index is 11.5. The Morgan fingerprint density at radius 3 is 2.82 bits per heavy atom. The lowest BCUT2D eigenvalue weighted by atomic mass is 10.3. The van der Waals surface area contributed by atoms with E-state index < -0.39 is 0 Å². The molecule has 94 valence electrons. The number of methoxy groups -OCH3 is 1. The number of pyridine rings is 1. The Morgan fingerprint density at radius 1 is 1.53 bits per heavy atom. The molecule has 0 bridgehead atoms. The zero-order valence-electron chi connectivity index (χ0n) is 10.7. The van der Waals surface area contributed by atoms with Crippen LogP contribution in [0, 0.1) is 6.92 Å². The first-order chi connectivity index (χ1) is 8.02. The van der Waals surface area contributed by atoms with E-state index in [2.05, 4.69) is 15.6 Å². The molecule has 0 aliphatic rings. The van der Waals surface area contributed by atoms with E-state index in [-0.39, 0.29) is 18.5 Å². The van der Waals surface area contributed by atoms with Crippen LogP contribution < -0.4 is 15.4 Å². The van der Waals surface area contributed by atoms with Gasteiger partial charge in [-0.1, -0.05) is 0 Å². The predicted molar refractivity (Wildman–Crippen MR) is 67.3 cm³/mol. The van der Waals surface area contributed by atoms with Gasteiger partial charge in [0.25, 0.3) is 0 Å². The number of rotatable bonds is 5. The van der Waals surface area contributed by atoms with Crippen molar-refractivity contribution in [2.45, 2.75) is 26.8 Å². The Kier molecular flexibility index (Phi) is 4.75. The molecule has 17 heavy (non-hydrogen) atoms. The third-order valence-corrected chi connectivity index (χ3v) is 2.11. The smallest absolute Gasteiger partial charge is 0.239 e. The van der Waals surface area contributed by atoms with E-state index in [1.807, 2.05) is 26.8 Å². The molecule has 0 aliphatic heterocycles. The third-order valence-electron chi connectivity index (χ3n) is 2.11. The number of aryl methyl sites for hydroxylation is 1. The Hall–Kier alpha value is -1.78. The lowest BCUT2D eigenvalue weighted by molar-refractivity contribution is -0.119. The SMILES string of the molecule is COc1cnc(C)cc1NCC(=O)NC(C)C. The summed E-state index contributed by atoms with van der Waals surface area (Å²) < 4.78 is 5.16. The van der Waals surface area contributed by atoms with Crippen molar-refractivity contribution in [1.29, 1.82) is 0 Å². The number of anilines is 1. The van der Waals surface area contributed by atoms with Gasteiger partial charge in [-0.15, -0.1) is 0 Å². The summed E-state index contributed by atoms with van der Waals surface area (Å²) in [7, 11) is 1.58. The molecule has 2 N–H and O–H groups in total. The molecular formula is C12H19N3O2. The van der Waals surface area contributed by atoms with Gasteiger partial charge in [0, 0.05) is 11.7 Å². The molecule has 5 heteroatoms. The summed E-state index contributed by atoms with van der Waals surface area (Å²) in [4.78, 5) is 15.6. The van der Waals surface area contributed by atoms with Crippen LogP contribution in [0.15, 0.2) is 12.3 Å². The first kappa shape index (κ1) is 13.3. The van der Waals surface area contributed by atoms with E-state index >= 15 is 0 Å². The summed E-state index contributed by atoms with van der Waals surface area (Å²) in [5.41, 5.74) is 1.65. The molecule has 0 unspecified atom stereocenters. The Balaban J connectivity index is 2.62. The summed E-state index contributed by atoms with van der Waals surface area (Å²) in [5, 5.41) is 5.84. The molecule has 0 fully saturated rings. The van der Waals surface area contributed by atoms with Gasteiger partial charge >= 0.3 is 0 Å². The highest BCUT2D eigenvalue weighted by Gasteiger charge is 2.07. The lowest BCUT2D eigenvalue weighted by Gasteiger charge is -2.12. The normalized spacial score (nSPS) is 10.2. The van der Waals surface area contributed by atoms with Gasteiger partial charge in [-0.2, -0.15) is 0 Å². The molecule has 0 aliphatic carbocycles. The van der Waals surface area contributed by atoms with Gasteiger partial charge in [-0.05, 0) is 26.8 Å². The van der Waals surface area contributed by atoms with E-state index in [1.54, 1.807) is 13.3 Å². The number of ether oxygens (including phenoxy) is 1. The number of amides is 1. The Labute approximate surface area is 102 Å². The highest BCUT2D eigenvalue weighted by atomic mass is 16.5. The van der Waals surface area contributed by atoms with Crippen LogP contribution in [0.3, 0.4) is 0 Å². The van der Waals surface area contributed by atoms with Gasteiger partial charge < -0.3 is 15.4 Å². The van der Waals surface area contributed by atoms with Crippen LogP contribution in [0.4, 0.5) is 5.69 Å². The highest BCUT2D eigenvalue weighted by Crippen LogP contribution is 2.22. The van der Waals surface area contributed by atoms with Crippen molar-refractivity contribution in [3.63, 3.8) is 0 Å². The molecule has 0 aromatic carbocycles. The van der Waals surface area contributed by atoms with Crippen LogP contribution in [-0.4, -0.2) is 30.6 Å². The largest absolute Gasteiger partial charge is 0.493 e. The second-order valence-electron chi connectivity index (χ2n) is 4.10. The van der Waals surface area contributed by atoms with Crippen molar-refractivity contribution < 1.29 is 9.53 Å². The van der Waals surface area contributed by atoms with Crippen LogP contribution in [-0.2, 0) is 4.79 Å². The molecule has 1 aromatic rings. The van der Waals surface area contributed by atoms with Gasteiger partial charge in [0.1, 0.15) is 0 Å². The number of nitrogens with zero attached hydrogens (tertiary/aromatic N) is 1. The summed E-state index contributed by atoms with van der Waals surface area (Å²) in [5.74, 6) is 0.587. The summed E-state index contributed by atoms with van der Waals surface area (Å²) in [6.45, 7) is 5.96. The lowest BCUT2D eigenvalue weighted by Crippen LogP contribution is -2.34. The summed E-state index contributed by atoms with van der Waals surface area (Å²) >= 11 is 0. The van der Waals surface area contributed by atoms with E-state index in [0.29, 0.717) is 5.75 Å². The molecule has 1 rings (SSSR count). The summed E-state index contributed by atoms with van der Waals surface area (Å²) in [6.07, 6.45) is 1.64. The second-order valence-corrected chi connectivity index (χ2v) is 4.10. The average molecular weight is 237 g/mol. The Bertz CT molecular complexity index is 391. The van der Waals surface area contributed by atoms with Crippen molar-refractivity contribution in [3.8, 4) is 5.75 Å². The van der Waals surface area contributed by atoms with Crippen LogP contribution in [0.2, 0.25) is 0 Å². The van der Waals surface area contributed by atoms with Gasteiger partial charge in [0.15, 0.2) is 5.75 Å². The minimum Gasteiger partial charge on any atom is -0.493 e. The molecular weight excluding hydrogens is 218 g/mol. The van der Waals surface area contributed by atoms with Crippen molar-refractivity contribution in [2.75, 3.05) is 19.0 Å². The molecule has 0 saturated heterocycles. The molecule has 1 heterocycles. The topological polar surface area (TPSA) is 63.2 Å². The third kappa shape index (κ3) is 4.30. The van der Waals surface area contributed by atoms with E-state index in [0.717, 1.165) is 11.4 Å². The highest BCUT2D eigenvalue weighted by molar-refractivity contribution is 5.81. The van der Waals surface area contributed by atoms with Gasteiger partial charge in [0.2, 0.25) is 5.91 Å². The first-order valence-corrected chi connectivity index (χ1v) is 5.56. The molecule has 0 radical (unpaired) electrons. The van der Waals surface area contributed by atoms with Crippen LogP contribution >= 0.6 is 0 Å². The van der Waals surface area contributed by atoms with Crippen molar-refractivity contribution in [3.05, 3.63) is 18.0 Å². The predicted octanol–water partition coefficient (Wildman–Crippen LogP) is 1.34. The van der Waals surface area contributed by atoms with Gasteiger partial charge in [0.05, 0.1) is 25.5 Å². The first-order valence-electron chi connectivity index (χ1n) is 5.56. The number of nitrogens with one attached hydrogen (secondary N) is 2. The minimum atomic E-state index is -0.0449. The number of carbonyl (C=O) groups is 1. The fourth-order valence-corrected chi connectivity index (χ4v) is 1.40. The van der Waals surface area contributed by atoms with E-state index in [9.17, 15) is 4.79 Å². The Morgan fingerprint density at radius 2 is 2.24 bits per heavy atom. The molecule has 0 saturated carbocycles. The number of carbonyl (C=O) groups excluding carboxylic acids is 1. The van der Waals surface area contributed by atoms with Crippen LogP contribution in [0.1, 0.15) is 19.5 Å². The average Bonchev–Trinajstić information content (AvgIpc) is 2.25. The number of hydrogen-bond acceptors (Lipinski definition) is 4. The minimum absolute atomic E-state index is 0.0449. The molecule has 0 atom stereocenters. The van der Waals surface area contributed by atoms with Crippen molar-refractivity contribution in [2.24, 2.45) is 0 Å².